The van der Waals surface area contributed by atoms with Crippen molar-refractivity contribution in [3.63, 3.8) is 0 Å². The summed E-state index contributed by atoms with van der Waals surface area (Å²) < 4.78 is 0. The van der Waals surface area contributed by atoms with E-state index < -0.39 is 0 Å². The summed E-state index contributed by atoms with van der Waals surface area (Å²) in [6, 6.07) is 7.60. The van der Waals surface area contributed by atoms with E-state index in [0.717, 1.165) is 12.1 Å². The first-order valence-corrected chi connectivity index (χ1v) is 7.83. The Labute approximate surface area is 125 Å². The van der Waals surface area contributed by atoms with Crippen LogP contribution in [0, 0.1) is 11.8 Å². The fourth-order valence-corrected chi connectivity index (χ4v) is 3.98. The van der Waals surface area contributed by atoms with Gasteiger partial charge in [0, 0.05) is 5.02 Å². The zero-order chi connectivity index (χ0) is 14.1. The zero-order valence-corrected chi connectivity index (χ0v) is 12.5. The summed E-state index contributed by atoms with van der Waals surface area (Å²) in [4.78, 5) is 12.5. The number of carbonyl (C=O) groups excluding carboxylic acids is 1. The van der Waals surface area contributed by atoms with Gasteiger partial charge in [-0.15, -0.1) is 0 Å². The second kappa shape index (κ2) is 5.74. The molecule has 2 N–H and O–H groups in total. The van der Waals surface area contributed by atoms with Crippen LogP contribution < -0.4 is 10.6 Å². The lowest BCUT2D eigenvalue weighted by Gasteiger charge is -2.22. The van der Waals surface area contributed by atoms with E-state index in [2.05, 4.69) is 10.6 Å². The SMILES string of the molecule is C[C@@H](NC(=O)C1NCC2CCCC21)c1ccccc1Cl. The normalized spacial score (nSPS) is 30.0. The molecule has 4 heteroatoms. The molecule has 4 atom stereocenters. The van der Waals surface area contributed by atoms with Crippen LogP contribution in [0.4, 0.5) is 0 Å². The highest BCUT2D eigenvalue weighted by atomic mass is 35.5. The molecule has 3 rings (SSSR count). The number of amides is 1. The van der Waals surface area contributed by atoms with E-state index >= 15 is 0 Å². The van der Waals surface area contributed by atoms with Gasteiger partial charge in [0.05, 0.1) is 12.1 Å². The molecule has 3 unspecified atom stereocenters. The van der Waals surface area contributed by atoms with Crippen molar-refractivity contribution >= 4 is 17.5 Å². The summed E-state index contributed by atoms with van der Waals surface area (Å²) in [5.41, 5.74) is 0.975. The summed E-state index contributed by atoms with van der Waals surface area (Å²) in [6.45, 7) is 2.98. The Morgan fingerprint density at radius 1 is 1.40 bits per heavy atom. The molecule has 2 aliphatic rings. The predicted molar refractivity (Wildman–Crippen MR) is 80.6 cm³/mol. The summed E-state index contributed by atoms with van der Waals surface area (Å²) in [6.07, 6.45) is 3.71. The third-order valence-corrected chi connectivity index (χ3v) is 5.10. The van der Waals surface area contributed by atoms with Gasteiger partial charge in [0.2, 0.25) is 5.91 Å². The fraction of sp³-hybridized carbons (Fsp3) is 0.562. The Balaban J connectivity index is 1.66. The maximum absolute atomic E-state index is 12.5. The lowest BCUT2D eigenvalue weighted by molar-refractivity contribution is -0.124. The van der Waals surface area contributed by atoms with Gasteiger partial charge in [0.25, 0.3) is 0 Å². The van der Waals surface area contributed by atoms with E-state index in [-0.39, 0.29) is 18.0 Å². The minimum Gasteiger partial charge on any atom is -0.348 e. The molecular weight excluding hydrogens is 272 g/mol. The molecule has 0 spiro atoms. The molecule has 1 aliphatic carbocycles. The van der Waals surface area contributed by atoms with Crippen LogP contribution >= 0.6 is 11.6 Å². The summed E-state index contributed by atoms with van der Waals surface area (Å²) in [5.74, 6) is 1.33. The Bertz CT molecular complexity index is 505. The van der Waals surface area contributed by atoms with Gasteiger partial charge < -0.3 is 10.6 Å². The van der Waals surface area contributed by atoms with Gasteiger partial charge in [0.15, 0.2) is 0 Å². The van der Waals surface area contributed by atoms with Crippen LogP contribution in [0.2, 0.25) is 5.02 Å². The van der Waals surface area contributed by atoms with Crippen LogP contribution in [0.15, 0.2) is 24.3 Å². The molecule has 1 aliphatic heterocycles. The quantitative estimate of drug-likeness (QED) is 0.899. The molecule has 0 radical (unpaired) electrons. The van der Waals surface area contributed by atoms with E-state index in [1.807, 2.05) is 31.2 Å². The maximum Gasteiger partial charge on any atom is 0.237 e. The van der Waals surface area contributed by atoms with Crippen molar-refractivity contribution in [2.24, 2.45) is 11.8 Å². The van der Waals surface area contributed by atoms with E-state index in [0.29, 0.717) is 16.9 Å². The van der Waals surface area contributed by atoms with Crippen LogP contribution in [0.5, 0.6) is 0 Å². The minimum atomic E-state index is -0.0570. The van der Waals surface area contributed by atoms with Gasteiger partial charge in [-0.2, -0.15) is 0 Å². The lowest BCUT2D eigenvalue weighted by Crippen LogP contribution is -2.44. The van der Waals surface area contributed by atoms with E-state index in [9.17, 15) is 4.79 Å². The number of nitrogens with one attached hydrogen (secondary N) is 2. The van der Waals surface area contributed by atoms with Crippen LogP contribution in [0.1, 0.15) is 37.8 Å². The van der Waals surface area contributed by atoms with Crippen molar-refractivity contribution in [3.8, 4) is 0 Å². The van der Waals surface area contributed by atoms with Crippen LogP contribution in [0.3, 0.4) is 0 Å². The summed E-state index contributed by atoms with van der Waals surface area (Å²) in [5, 5.41) is 7.20. The number of carbonyl (C=O) groups is 1. The predicted octanol–water partition coefficient (Wildman–Crippen LogP) is 2.91. The third kappa shape index (κ3) is 2.57. The van der Waals surface area contributed by atoms with Crippen molar-refractivity contribution in [1.82, 2.24) is 10.6 Å². The lowest BCUT2D eigenvalue weighted by atomic mass is 9.93. The van der Waals surface area contributed by atoms with E-state index in [1.165, 1.54) is 19.3 Å². The number of hydrogen-bond acceptors (Lipinski definition) is 2. The monoisotopic (exact) mass is 292 g/mol. The number of benzene rings is 1. The van der Waals surface area contributed by atoms with Crippen molar-refractivity contribution < 1.29 is 4.79 Å². The zero-order valence-electron chi connectivity index (χ0n) is 11.7. The second-order valence-corrected chi connectivity index (χ2v) is 6.40. The van der Waals surface area contributed by atoms with Gasteiger partial charge in [-0.1, -0.05) is 36.2 Å². The molecule has 1 heterocycles. The van der Waals surface area contributed by atoms with Gasteiger partial charge in [-0.05, 0) is 49.8 Å². The molecule has 1 aromatic carbocycles. The molecular formula is C16H21ClN2O. The molecule has 1 amide bonds. The van der Waals surface area contributed by atoms with Crippen molar-refractivity contribution in [1.29, 1.82) is 0 Å². The number of halogens is 1. The fourth-order valence-electron chi connectivity index (χ4n) is 3.68. The molecule has 3 nitrogen and oxygen atoms in total. The number of rotatable bonds is 3. The molecule has 2 fully saturated rings. The van der Waals surface area contributed by atoms with Gasteiger partial charge >= 0.3 is 0 Å². The first-order chi connectivity index (χ1) is 9.66. The van der Waals surface area contributed by atoms with Crippen LogP contribution in [-0.2, 0) is 4.79 Å². The van der Waals surface area contributed by atoms with Gasteiger partial charge in [-0.3, -0.25) is 4.79 Å². The standard InChI is InChI=1S/C16H21ClN2O/c1-10(12-6-2-3-8-14(12)17)19-16(20)15-13-7-4-5-11(13)9-18-15/h2-3,6,8,10-11,13,15,18H,4-5,7,9H2,1H3,(H,19,20)/t10-,11?,13?,15?/m1/s1. The molecule has 1 saturated heterocycles. The highest BCUT2D eigenvalue weighted by molar-refractivity contribution is 6.31. The molecule has 108 valence electrons. The van der Waals surface area contributed by atoms with Gasteiger partial charge in [-0.25, -0.2) is 0 Å². The third-order valence-electron chi connectivity index (χ3n) is 4.76. The topological polar surface area (TPSA) is 41.1 Å². The second-order valence-electron chi connectivity index (χ2n) is 5.99. The van der Waals surface area contributed by atoms with Crippen molar-refractivity contribution in [2.75, 3.05) is 6.54 Å². The Kier molecular flexibility index (Phi) is 3.99. The summed E-state index contributed by atoms with van der Waals surface area (Å²) in [7, 11) is 0. The molecule has 1 aromatic rings. The Hall–Kier alpha value is -1.06. The van der Waals surface area contributed by atoms with Gasteiger partial charge in [0.1, 0.15) is 0 Å². The Morgan fingerprint density at radius 3 is 3.00 bits per heavy atom. The molecule has 0 bridgehead atoms. The average molecular weight is 293 g/mol. The first-order valence-electron chi connectivity index (χ1n) is 7.45. The van der Waals surface area contributed by atoms with Crippen LogP contribution in [-0.4, -0.2) is 18.5 Å². The van der Waals surface area contributed by atoms with Crippen molar-refractivity contribution in [2.45, 2.75) is 38.3 Å². The molecule has 20 heavy (non-hydrogen) atoms. The summed E-state index contributed by atoms with van der Waals surface area (Å²) >= 11 is 6.18. The van der Waals surface area contributed by atoms with Crippen LogP contribution in [0.25, 0.3) is 0 Å². The average Bonchev–Trinajstić information content (AvgIpc) is 3.00. The Morgan fingerprint density at radius 2 is 2.20 bits per heavy atom. The number of hydrogen-bond donors (Lipinski definition) is 2. The number of fused-ring (bicyclic) bond motifs is 1. The van der Waals surface area contributed by atoms with E-state index in [4.69, 9.17) is 11.6 Å². The minimum absolute atomic E-state index is 0.0209. The smallest absolute Gasteiger partial charge is 0.237 e. The molecule has 1 saturated carbocycles. The highest BCUT2D eigenvalue weighted by Gasteiger charge is 2.42. The maximum atomic E-state index is 12.5. The largest absolute Gasteiger partial charge is 0.348 e. The first kappa shape index (κ1) is 13.9. The molecule has 0 aromatic heterocycles. The van der Waals surface area contributed by atoms with E-state index in [1.54, 1.807) is 0 Å². The highest BCUT2D eigenvalue weighted by Crippen LogP contribution is 2.37. The van der Waals surface area contributed by atoms with Crippen molar-refractivity contribution in [3.05, 3.63) is 34.9 Å².